The van der Waals surface area contributed by atoms with Crippen LogP contribution in [0.15, 0.2) is 0 Å². The number of esters is 1. The summed E-state index contributed by atoms with van der Waals surface area (Å²) in [6.45, 7) is 14.6. The lowest BCUT2D eigenvalue weighted by Gasteiger charge is -2.42. The number of piperidine rings is 1. The van der Waals surface area contributed by atoms with Crippen LogP contribution >= 0.6 is 0 Å². The van der Waals surface area contributed by atoms with Crippen LogP contribution in [0.25, 0.3) is 0 Å². The van der Waals surface area contributed by atoms with Gasteiger partial charge in [-0.2, -0.15) is 0 Å². The van der Waals surface area contributed by atoms with Crippen LogP contribution in [-0.4, -0.2) is 78.8 Å². The largest absolute Gasteiger partial charge is 0.468 e. The van der Waals surface area contributed by atoms with E-state index in [-0.39, 0.29) is 36.4 Å². The molecular weight excluding hydrogens is 424 g/mol. The Morgan fingerprint density at radius 3 is 1.88 bits per heavy atom. The van der Waals surface area contributed by atoms with Gasteiger partial charge in [-0.05, 0) is 87.0 Å². The molecule has 33 heavy (non-hydrogen) atoms. The average molecular weight is 471 g/mol. The second kappa shape index (κ2) is 11.8. The summed E-state index contributed by atoms with van der Waals surface area (Å²) in [5.41, 5.74) is -1.16. The Hall–Kier alpha value is -1.38. The fraction of sp³-hybridized carbons (Fsp3) is 0.920. The van der Waals surface area contributed by atoms with Crippen molar-refractivity contribution in [3.63, 3.8) is 0 Å². The molecule has 0 aromatic heterocycles. The van der Waals surface area contributed by atoms with E-state index in [1.807, 2.05) is 39.5 Å². The second-order valence-corrected chi connectivity index (χ2v) is 11.2. The lowest BCUT2D eigenvalue weighted by atomic mass is 9.90. The van der Waals surface area contributed by atoms with Crippen LogP contribution in [0.2, 0.25) is 0 Å². The first kappa shape index (κ1) is 27.9. The highest BCUT2D eigenvalue weighted by Crippen LogP contribution is 2.27. The second-order valence-electron chi connectivity index (χ2n) is 11.2. The monoisotopic (exact) mass is 470 g/mol. The van der Waals surface area contributed by atoms with E-state index in [1.165, 1.54) is 7.11 Å². The molecule has 0 aromatic carbocycles. The van der Waals surface area contributed by atoms with Crippen molar-refractivity contribution in [3.8, 4) is 0 Å². The Labute approximate surface area is 200 Å². The van der Waals surface area contributed by atoms with E-state index in [0.29, 0.717) is 19.3 Å². The molecule has 1 aliphatic carbocycles. The molecule has 0 aromatic rings. The summed E-state index contributed by atoms with van der Waals surface area (Å²) in [4.78, 5) is 26.3. The topological polar surface area (TPSA) is 86.3 Å². The number of likely N-dealkylation sites (tertiary alicyclic amines) is 1. The first-order chi connectivity index (χ1) is 15.3. The summed E-state index contributed by atoms with van der Waals surface area (Å²) < 4.78 is 22.6. The van der Waals surface area contributed by atoms with Gasteiger partial charge in [0.25, 0.3) is 0 Å². The molecule has 0 spiro atoms. The number of hydrogen-bond donors (Lipinski definition) is 1. The van der Waals surface area contributed by atoms with Crippen molar-refractivity contribution < 1.29 is 28.5 Å². The minimum atomic E-state index is -0.672. The van der Waals surface area contributed by atoms with Crippen LogP contribution in [0.1, 0.15) is 87.0 Å². The number of methoxy groups -OCH3 is 1. The van der Waals surface area contributed by atoms with Gasteiger partial charge >= 0.3 is 12.1 Å². The van der Waals surface area contributed by atoms with Gasteiger partial charge in [0.05, 0.1) is 32.5 Å². The van der Waals surface area contributed by atoms with Crippen LogP contribution in [0.4, 0.5) is 4.79 Å². The van der Waals surface area contributed by atoms with E-state index in [0.717, 1.165) is 38.5 Å². The molecule has 0 radical (unpaired) electrons. The van der Waals surface area contributed by atoms with E-state index in [9.17, 15) is 9.59 Å². The first-order valence-electron chi connectivity index (χ1n) is 12.4. The molecule has 1 N–H and O–H groups in total. The molecule has 1 saturated carbocycles. The van der Waals surface area contributed by atoms with Crippen LogP contribution in [0.3, 0.4) is 0 Å². The molecule has 2 rings (SSSR count). The van der Waals surface area contributed by atoms with Crippen molar-refractivity contribution in [2.75, 3.05) is 20.3 Å². The average Bonchev–Trinajstić information content (AvgIpc) is 2.69. The van der Waals surface area contributed by atoms with Crippen molar-refractivity contribution in [1.82, 2.24) is 10.2 Å². The quantitative estimate of drug-likeness (QED) is 0.423. The van der Waals surface area contributed by atoms with Crippen molar-refractivity contribution in [2.45, 2.75) is 128 Å². The summed E-state index contributed by atoms with van der Waals surface area (Å²) in [5.74, 6) is -0.237. The van der Waals surface area contributed by atoms with Crippen LogP contribution in [0.5, 0.6) is 0 Å². The molecule has 1 heterocycles. The van der Waals surface area contributed by atoms with Gasteiger partial charge < -0.3 is 23.8 Å². The van der Waals surface area contributed by atoms with Gasteiger partial charge in [-0.25, -0.2) is 4.79 Å². The molecule has 2 unspecified atom stereocenters. The van der Waals surface area contributed by atoms with Gasteiger partial charge in [-0.3, -0.25) is 10.1 Å². The number of nitrogens with one attached hydrogen (secondary N) is 1. The summed E-state index contributed by atoms with van der Waals surface area (Å²) >= 11 is 0. The Morgan fingerprint density at radius 1 is 0.879 bits per heavy atom. The molecule has 2 fully saturated rings. The summed E-state index contributed by atoms with van der Waals surface area (Å²) in [5, 5.41) is 3.42. The van der Waals surface area contributed by atoms with Crippen LogP contribution in [-0.2, 0) is 23.7 Å². The van der Waals surface area contributed by atoms with Crippen molar-refractivity contribution in [1.29, 1.82) is 0 Å². The summed E-state index contributed by atoms with van der Waals surface area (Å²) in [6, 6.07) is 0.450. The van der Waals surface area contributed by atoms with Crippen LogP contribution in [0, 0.1) is 0 Å². The van der Waals surface area contributed by atoms with E-state index in [1.54, 1.807) is 0 Å². The molecule has 8 nitrogen and oxygen atoms in total. The number of ether oxygens (including phenoxy) is 4. The molecular formula is C25H46N2O6. The third-order valence-electron chi connectivity index (χ3n) is 6.49. The summed E-state index contributed by atoms with van der Waals surface area (Å²) in [6.07, 6.45) is 5.61. The number of hydrogen-bond acceptors (Lipinski definition) is 7. The maximum Gasteiger partial charge on any atom is 0.410 e. The zero-order chi connectivity index (χ0) is 24.8. The van der Waals surface area contributed by atoms with Crippen molar-refractivity contribution >= 4 is 12.1 Å². The number of carbonyl (C=O) groups excluding carboxylic acids is 2. The fourth-order valence-electron chi connectivity index (χ4n) is 4.96. The van der Waals surface area contributed by atoms with E-state index < -0.39 is 11.1 Å². The Bertz CT molecular complexity index is 627. The molecule has 1 saturated heterocycles. The fourth-order valence-corrected chi connectivity index (χ4v) is 4.96. The zero-order valence-electron chi connectivity index (χ0n) is 21.9. The number of nitrogens with zero attached hydrogens (tertiary/aromatic N) is 1. The molecule has 2 atom stereocenters. The maximum absolute atomic E-state index is 12.5. The number of rotatable bonds is 8. The standard InChI is InChI=1S/C25H46N2O6/c1-17-15-21(16-18(2)27(17)23(29)33-24(3,4)5)32-14-13-31-20-11-9-19(10-12-20)26-25(6,7)22(28)30-8/h17-21,26H,9-16H2,1-8H3. The van der Waals surface area contributed by atoms with Gasteiger partial charge in [0.15, 0.2) is 0 Å². The Morgan fingerprint density at radius 2 is 1.39 bits per heavy atom. The molecule has 2 aliphatic rings. The first-order valence-corrected chi connectivity index (χ1v) is 12.4. The predicted molar refractivity (Wildman–Crippen MR) is 127 cm³/mol. The highest BCUT2D eigenvalue weighted by atomic mass is 16.6. The SMILES string of the molecule is COC(=O)C(C)(C)NC1CCC(OCCOC2CC(C)N(C(=O)OC(C)(C)C)C(C)C2)CC1. The van der Waals surface area contributed by atoms with E-state index >= 15 is 0 Å². The molecule has 8 heteroatoms. The van der Waals surface area contributed by atoms with Crippen molar-refractivity contribution in [3.05, 3.63) is 0 Å². The van der Waals surface area contributed by atoms with Gasteiger partial charge in [0.2, 0.25) is 0 Å². The Balaban J connectivity index is 1.65. The zero-order valence-corrected chi connectivity index (χ0v) is 21.9. The Kier molecular flexibility index (Phi) is 10.0. The van der Waals surface area contributed by atoms with Gasteiger partial charge in [-0.1, -0.05) is 0 Å². The minimum absolute atomic E-state index is 0.0755. The lowest BCUT2D eigenvalue weighted by molar-refractivity contribution is -0.147. The lowest BCUT2D eigenvalue weighted by Crippen LogP contribution is -2.53. The minimum Gasteiger partial charge on any atom is -0.468 e. The van der Waals surface area contributed by atoms with Crippen LogP contribution < -0.4 is 5.32 Å². The van der Waals surface area contributed by atoms with Gasteiger partial charge in [0, 0.05) is 18.1 Å². The molecule has 192 valence electrons. The summed E-state index contributed by atoms with van der Waals surface area (Å²) in [7, 11) is 1.42. The maximum atomic E-state index is 12.5. The van der Waals surface area contributed by atoms with Crippen molar-refractivity contribution in [2.24, 2.45) is 0 Å². The number of carbonyl (C=O) groups is 2. The predicted octanol–water partition coefficient (Wildman–Crippen LogP) is 4.05. The third-order valence-corrected chi connectivity index (χ3v) is 6.49. The highest BCUT2D eigenvalue weighted by molar-refractivity contribution is 5.79. The number of amides is 1. The third kappa shape index (κ3) is 8.72. The molecule has 1 amide bonds. The van der Waals surface area contributed by atoms with Gasteiger partial charge in [0.1, 0.15) is 11.1 Å². The normalized spacial score (nSPS) is 29.0. The van der Waals surface area contributed by atoms with E-state index in [2.05, 4.69) is 19.2 Å². The molecule has 1 aliphatic heterocycles. The van der Waals surface area contributed by atoms with E-state index in [4.69, 9.17) is 18.9 Å². The van der Waals surface area contributed by atoms with Gasteiger partial charge in [-0.15, -0.1) is 0 Å². The highest BCUT2D eigenvalue weighted by Gasteiger charge is 2.37. The smallest absolute Gasteiger partial charge is 0.410 e. The molecule has 0 bridgehead atoms.